The Kier molecular flexibility index (Phi) is 13.6. The number of esters is 2. The molecule has 0 saturated heterocycles. The highest BCUT2D eigenvalue weighted by Crippen LogP contribution is 2.26. The van der Waals surface area contributed by atoms with Crippen molar-refractivity contribution >= 4 is 41.4 Å². The summed E-state index contributed by atoms with van der Waals surface area (Å²) in [5.74, 6) is -2.67. The third kappa shape index (κ3) is 11.5. The van der Waals surface area contributed by atoms with Gasteiger partial charge in [-0.3, -0.25) is 14.4 Å². The summed E-state index contributed by atoms with van der Waals surface area (Å²) in [4.78, 5) is 53.3. The van der Waals surface area contributed by atoms with Crippen molar-refractivity contribution in [2.24, 2.45) is 17.3 Å². The zero-order valence-corrected chi connectivity index (χ0v) is 28.4. The second-order valence-corrected chi connectivity index (χ2v) is 13.1. The van der Waals surface area contributed by atoms with Gasteiger partial charge in [-0.15, -0.1) is 0 Å². The number of ether oxygens (including phenoxy) is 3. The number of halogens is 2. The first-order chi connectivity index (χ1) is 22.2. The number of rotatable bonds is 8. The molecule has 0 aromatic heterocycles. The van der Waals surface area contributed by atoms with E-state index in [1.165, 1.54) is 25.3 Å². The van der Waals surface area contributed by atoms with Gasteiger partial charge in [0.05, 0.1) is 17.5 Å². The maximum atomic E-state index is 13.5. The van der Waals surface area contributed by atoms with Crippen LogP contribution in [0.25, 0.3) is 6.08 Å². The first kappa shape index (κ1) is 37.3. The number of amides is 2. The van der Waals surface area contributed by atoms with Gasteiger partial charge in [-0.1, -0.05) is 68.8 Å². The molecule has 0 spiro atoms. The summed E-state index contributed by atoms with van der Waals surface area (Å²) >= 11 is 6.30. The zero-order chi connectivity index (χ0) is 34.7. The number of carbonyl (C=O) groups is 4. The molecule has 1 aliphatic rings. The normalized spacial score (nSPS) is 22.6. The summed E-state index contributed by atoms with van der Waals surface area (Å²) < 4.78 is 30.3. The second kappa shape index (κ2) is 17.1. The Morgan fingerprint density at radius 3 is 2.40 bits per heavy atom. The van der Waals surface area contributed by atoms with Gasteiger partial charge in [0.1, 0.15) is 23.7 Å². The van der Waals surface area contributed by atoms with E-state index in [1.54, 1.807) is 56.3 Å². The smallest absolute Gasteiger partial charge is 0.347 e. The Morgan fingerprint density at radius 2 is 1.77 bits per heavy atom. The fourth-order valence-corrected chi connectivity index (χ4v) is 5.06. The molecule has 254 valence electrons. The van der Waals surface area contributed by atoms with Crippen LogP contribution in [0.2, 0.25) is 5.02 Å². The Hall–Kier alpha value is -4.18. The van der Waals surface area contributed by atoms with Crippen molar-refractivity contribution in [3.63, 3.8) is 0 Å². The van der Waals surface area contributed by atoms with Crippen LogP contribution in [-0.4, -0.2) is 55.7 Å². The van der Waals surface area contributed by atoms with Crippen molar-refractivity contribution in [2.45, 2.75) is 72.1 Å². The third-order valence-electron chi connectivity index (χ3n) is 7.70. The molecule has 0 unspecified atom stereocenters. The summed E-state index contributed by atoms with van der Waals surface area (Å²) in [6.45, 7) is 8.72. The molecule has 0 radical (unpaired) electrons. The molecule has 3 rings (SSSR count). The molecule has 11 heteroatoms. The molecule has 47 heavy (non-hydrogen) atoms. The van der Waals surface area contributed by atoms with E-state index in [2.05, 4.69) is 10.6 Å². The monoisotopic (exact) mass is 670 g/mol. The minimum atomic E-state index is -1.22. The first-order valence-corrected chi connectivity index (χ1v) is 16.0. The fourth-order valence-electron chi connectivity index (χ4n) is 4.78. The number of carbonyl (C=O) groups excluding carboxylic acids is 4. The number of methoxy groups -OCH3 is 1. The van der Waals surface area contributed by atoms with Crippen molar-refractivity contribution < 1.29 is 37.8 Å². The molecular formula is C36H44ClFN2O7. The number of benzene rings is 2. The van der Waals surface area contributed by atoms with Crippen LogP contribution >= 0.6 is 11.6 Å². The van der Waals surface area contributed by atoms with Gasteiger partial charge in [-0.25, -0.2) is 9.18 Å². The van der Waals surface area contributed by atoms with Gasteiger partial charge < -0.3 is 24.8 Å². The van der Waals surface area contributed by atoms with Crippen molar-refractivity contribution in [2.75, 3.05) is 13.7 Å². The molecule has 0 aliphatic carbocycles. The van der Waals surface area contributed by atoms with E-state index in [0.717, 1.165) is 5.56 Å². The average molecular weight is 671 g/mol. The number of hydrogen-bond donors (Lipinski definition) is 2. The van der Waals surface area contributed by atoms with E-state index >= 15 is 0 Å². The van der Waals surface area contributed by atoms with Crippen LogP contribution in [0.4, 0.5) is 4.39 Å². The standard InChI is InChI=1S/C36H44ClFN2O7/c1-22(2)18-31-34(43)46-29(23(3)10-11-24-12-15-26(38)16-13-24)8-7-9-32(41)40-28(20-25-14-17-30(45-6)27(37)19-25)33(42)39-21-36(4,5)35(44)47-31/h7,9-17,19,22-23,28-29,31H,8,18,20-21H2,1-6H3,(H,39,42)(H,40,41)/b9-7+,11-10+/t23-,28+,29-,31+/m1/s1. The fraction of sp³-hybridized carbons (Fsp3) is 0.444. The van der Waals surface area contributed by atoms with E-state index in [0.29, 0.717) is 16.3 Å². The molecule has 2 N–H and O–H groups in total. The Balaban J connectivity index is 1.93. The molecule has 1 heterocycles. The van der Waals surface area contributed by atoms with Gasteiger partial charge in [0, 0.05) is 25.3 Å². The summed E-state index contributed by atoms with van der Waals surface area (Å²) in [7, 11) is 1.49. The van der Waals surface area contributed by atoms with Crippen molar-refractivity contribution in [1.29, 1.82) is 0 Å². The molecule has 0 saturated carbocycles. The predicted molar refractivity (Wildman–Crippen MR) is 178 cm³/mol. The molecule has 2 aromatic carbocycles. The lowest BCUT2D eigenvalue weighted by atomic mass is 9.93. The SMILES string of the molecule is COc1ccc(C[C@@H]2NC(=O)/C=C/C[C@H]([C@H](C)/C=C/c3ccc(F)cc3)OC(=O)[C@H](CC(C)C)OC(=O)C(C)(C)CNC2=O)cc1Cl. The molecule has 2 aromatic rings. The van der Waals surface area contributed by atoms with Gasteiger partial charge in [-0.05, 0) is 67.7 Å². The van der Waals surface area contributed by atoms with Crippen molar-refractivity contribution in [3.05, 3.63) is 82.7 Å². The Morgan fingerprint density at radius 1 is 1.06 bits per heavy atom. The van der Waals surface area contributed by atoms with E-state index in [1.807, 2.05) is 26.8 Å². The van der Waals surface area contributed by atoms with E-state index in [9.17, 15) is 23.6 Å². The highest BCUT2D eigenvalue weighted by Gasteiger charge is 2.37. The lowest BCUT2D eigenvalue weighted by molar-refractivity contribution is -0.178. The minimum Gasteiger partial charge on any atom is -0.495 e. The molecular weight excluding hydrogens is 627 g/mol. The van der Waals surface area contributed by atoms with Gasteiger partial charge in [0.25, 0.3) is 0 Å². The number of nitrogens with one attached hydrogen (secondary N) is 2. The van der Waals surface area contributed by atoms with Gasteiger partial charge >= 0.3 is 11.9 Å². The van der Waals surface area contributed by atoms with Crippen molar-refractivity contribution in [1.82, 2.24) is 10.6 Å². The van der Waals surface area contributed by atoms with E-state index in [4.69, 9.17) is 25.8 Å². The summed E-state index contributed by atoms with van der Waals surface area (Å²) in [5.41, 5.74) is 0.215. The highest BCUT2D eigenvalue weighted by atomic mass is 35.5. The summed E-state index contributed by atoms with van der Waals surface area (Å²) in [6, 6.07) is 10.0. The molecule has 0 bridgehead atoms. The van der Waals surface area contributed by atoms with Gasteiger partial charge in [0.2, 0.25) is 11.8 Å². The highest BCUT2D eigenvalue weighted by molar-refractivity contribution is 6.32. The zero-order valence-electron chi connectivity index (χ0n) is 27.7. The van der Waals surface area contributed by atoms with Gasteiger partial charge in [0.15, 0.2) is 6.10 Å². The van der Waals surface area contributed by atoms with E-state index < -0.39 is 47.4 Å². The lowest BCUT2D eigenvalue weighted by Gasteiger charge is -2.29. The molecule has 1 aliphatic heterocycles. The number of cyclic esters (lactones) is 2. The lowest BCUT2D eigenvalue weighted by Crippen LogP contribution is -2.51. The second-order valence-electron chi connectivity index (χ2n) is 12.7. The third-order valence-corrected chi connectivity index (χ3v) is 7.99. The first-order valence-electron chi connectivity index (χ1n) is 15.6. The van der Waals surface area contributed by atoms with Crippen LogP contribution in [-0.2, 0) is 35.1 Å². The molecule has 2 amide bonds. The summed E-state index contributed by atoms with van der Waals surface area (Å²) in [5, 5.41) is 5.84. The van der Waals surface area contributed by atoms with Crippen LogP contribution in [0.1, 0.15) is 58.6 Å². The van der Waals surface area contributed by atoms with Crippen LogP contribution < -0.4 is 15.4 Å². The maximum absolute atomic E-state index is 13.5. The molecule has 0 fully saturated rings. The minimum absolute atomic E-state index is 0.00110. The molecule has 4 atom stereocenters. The molecule has 9 nitrogen and oxygen atoms in total. The topological polar surface area (TPSA) is 120 Å². The van der Waals surface area contributed by atoms with Crippen molar-refractivity contribution in [3.8, 4) is 5.75 Å². The van der Waals surface area contributed by atoms with Gasteiger partial charge in [-0.2, -0.15) is 0 Å². The Labute approximate surface area is 280 Å². The average Bonchev–Trinajstić information content (AvgIpc) is 3.01. The Bertz CT molecular complexity index is 1470. The van der Waals surface area contributed by atoms with E-state index in [-0.39, 0.29) is 43.5 Å². The number of hydrogen-bond acceptors (Lipinski definition) is 7. The summed E-state index contributed by atoms with van der Waals surface area (Å²) in [6.07, 6.45) is 5.03. The van der Waals surface area contributed by atoms with Crippen LogP contribution in [0.5, 0.6) is 5.75 Å². The van der Waals surface area contributed by atoms with Crippen LogP contribution in [0.15, 0.2) is 60.7 Å². The predicted octanol–water partition coefficient (Wildman–Crippen LogP) is 5.84. The van der Waals surface area contributed by atoms with Crippen LogP contribution in [0.3, 0.4) is 0 Å². The van der Waals surface area contributed by atoms with Crippen LogP contribution in [0, 0.1) is 23.1 Å². The largest absolute Gasteiger partial charge is 0.495 e. The maximum Gasteiger partial charge on any atom is 0.347 e. The quantitative estimate of drug-likeness (QED) is 0.339.